The van der Waals surface area contributed by atoms with Crippen molar-refractivity contribution < 1.29 is 14.3 Å². The van der Waals surface area contributed by atoms with Gasteiger partial charge in [-0.25, -0.2) is 0 Å². The molecule has 0 N–H and O–H groups in total. The zero-order valence-corrected chi connectivity index (χ0v) is 10.9. The molecule has 92 valence electrons. The highest BCUT2D eigenvalue weighted by atomic mass is 16.5. The van der Waals surface area contributed by atoms with E-state index in [1.54, 1.807) is 0 Å². The van der Waals surface area contributed by atoms with Crippen molar-refractivity contribution in [2.45, 2.75) is 58.7 Å². The van der Waals surface area contributed by atoms with Gasteiger partial charge in [-0.1, -0.05) is 0 Å². The molecule has 0 saturated carbocycles. The van der Waals surface area contributed by atoms with E-state index in [1.165, 1.54) is 0 Å². The fourth-order valence-electron chi connectivity index (χ4n) is 2.44. The minimum absolute atomic E-state index is 0.123. The van der Waals surface area contributed by atoms with E-state index in [1.807, 2.05) is 34.6 Å². The molecule has 1 atom stereocenters. The molecule has 1 saturated heterocycles. The Labute approximate surface area is 98.5 Å². The second kappa shape index (κ2) is 4.74. The van der Waals surface area contributed by atoms with Crippen LogP contribution in [0, 0.1) is 12.3 Å². The van der Waals surface area contributed by atoms with Crippen LogP contribution in [0.1, 0.15) is 47.5 Å². The molecule has 3 heteroatoms. The maximum Gasteiger partial charge on any atom is 0.306 e. The Hall–Kier alpha value is -0.570. The van der Waals surface area contributed by atoms with Gasteiger partial charge in [0.05, 0.1) is 17.8 Å². The summed E-state index contributed by atoms with van der Waals surface area (Å²) in [6.07, 6.45) is 4.54. The van der Waals surface area contributed by atoms with Crippen LogP contribution in [0.25, 0.3) is 0 Å². The summed E-state index contributed by atoms with van der Waals surface area (Å²) in [4.78, 5) is 11.4. The summed E-state index contributed by atoms with van der Waals surface area (Å²) in [6.45, 7) is 10.3. The zero-order chi connectivity index (χ0) is 12.4. The highest BCUT2D eigenvalue weighted by Gasteiger charge is 2.40. The molecule has 0 aliphatic carbocycles. The molecule has 0 bridgehead atoms. The van der Waals surface area contributed by atoms with Crippen molar-refractivity contribution in [1.29, 1.82) is 0 Å². The summed E-state index contributed by atoms with van der Waals surface area (Å²) in [7, 11) is 0. The molecule has 0 aromatic carbocycles. The van der Waals surface area contributed by atoms with Crippen LogP contribution in [0.15, 0.2) is 0 Å². The van der Waals surface area contributed by atoms with E-state index in [4.69, 9.17) is 9.47 Å². The number of carbonyl (C=O) groups excluding carboxylic acids is 1. The van der Waals surface area contributed by atoms with Crippen molar-refractivity contribution >= 4 is 5.97 Å². The van der Waals surface area contributed by atoms with E-state index in [9.17, 15) is 4.79 Å². The molecule has 1 unspecified atom stereocenters. The minimum Gasteiger partial charge on any atom is -0.466 e. The Morgan fingerprint density at radius 3 is 2.56 bits per heavy atom. The van der Waals surface area contributed by atoms with Crippen molar-refractivity contribution in [2.75, 3.05) is 6.61 Å². The van der Waals surface area contributed by atoms with Gasteiger partial charge < -0.3 is 9.47 Å². The first-order valence-electron chi connectivity index (χ1n) is 5.87. The quantitative estimate of drug-likeness (QED) is 0.694. The summed E-state index contributed by atoms with van der Waals surface area (Å²) in [5, 5.41) is 0. The normalized spacial score (nSPS) is 24.1. The molecule has 0 aromatic heterocycles. The number of carbonyl (C=O) groups is 1. The third-order valence-corrected chi connectivity index (χ3v) is 2.54. The van der Waals surface area contributed by atoms with Gasteiger partial charge in [-0.15, -0.1) is 0 Å². The van der Waals surface area contributed by atoms with Gasteiger partial charge in [0.2, 0.25) is 0 Å². The van der Waals surface area contributed by atoms with Gasteiger partial charge in [0.25, 0.3) is 0 Å². The van der Waals surface area contributed by atoms with Gasteiger partial charge in [0.1, 0.15) is 0 Å². The Bertz CT molecular complexity index is 240. The molecule has 0 aromatic rings. The Morgan fingerprint density at radius 2 is 2.06 bits per heavy atom. The first kappa shape index (κ1) is 13.5. The van der Waals surface area contributed by atoms with Crippen molar-refractivity contribution in [1.82, 2.24) is 0 Å². The van der Waals surface area contributed by atoms with Gasteiger partial charge in [-0.05, 0) is 47.0 Å². The lowest BCUT2D eigenvalue weighted by Gasteiger charge is -2.44. The summed E-state index contributed by atoms with van der Waals surface area (Å²) >= 11 is 0. The van der Waals surface area contributed by atoms with Crippen LogP contribution in [0.4, 0.5) is 0 Å². The van der Waals surface area contributed by atoms with Crippen LogP contribution >= 0.6 is 0 Å². The fourth-order valence-corrected chi connectivity index (χ4v) is 2.44. The predicted octanol–water partition coefficient (Wildman–Crippen LogP) is 2.61. The SMILES string of the molecule is CCOC(=O)CC1[C]C(C)(C)OC(C)(C)C1. The van der Waals surface area contributed by atoms with Crippen molar-refractivity contribution in [3.63, 3.8) is 0 Å². The van der Waals surface area contributed by atoms with E-state index in [0.717, 1.165) is 6.42 Å². The molecule has 3 nitrogen and oxygen atoms in total. The van der Waals surface area contributed by atoms with E-state index in [-0.39, 0.29) is 23.1 Å². The Kier molecular flexibility index (Phi) is 4.00. The Balaban J connectivity index is 2.57. The lowest BCUT2D eigenvalue weighted by atomic mass is 9.79. The molecule has 1 heterocycles. The molecule has 0 spiro atoms. The van der Waals surface area contributed by atoms with Crippen LogP contribution < -0.4 is 0 Å². The second-order valence-corrected chi connectivity index (χ2v) is 5.43. The third-order valence-electron chi connectivity index (χ3n) is 2.54. The molecule has 1 aliphatic heterocycles. The molecule has 0 amide bonds. The van der Waals surface area contributed by atoms with Crippen molar-refractivity contribution in [2.24, 2.45) is 5.92 Å². The maximum atomic E-state index is 11.4. The average molecular weight is 226 g/mol. The molecular formula is C13H22O3. The number of esters is 1. The van der Waals surface area contributed by atoms with Crippen molar-refractivity contribution in [3.8, 4) is 0 Å². The lowest BCUT2D eigenvalue weighted by molar-refractivity contribution is -0.155. The van der Waals surface area contributed by atoms with E-state index >= 15 is 0 Å². The van der Waals surface area contributed by atoms with Crippen LogP contribution in [0.3, 0.4) is 0 Å². The van der Waals surface area contributed by atoms with E-state index in [0.29, 0.717) is 13.0 Å². The van der Waals surface area contributed by atoms with E-state index < -0.39 is 0 Å². The minimum atomic E-state index is -0.390. The smallest absolute Gasteiger partial charge is 0.306 e. The van der Waals surface area contributed by atoms with Crippen LogP contribution in [-0.4, -0.2) is 23.8 Å². The number of ether oxygens (including phenoxy) is 2. The highest BCUT2D eigenvalue weighted by Crippen LogP contribution is 2.39. The van der Waals surface area contributed by atoms with Crippen molar-refractivity contribution in [3.05, 3.63) is 6.42 Å². The molecular weight excluding hydrogens is 204 g/mol. The van der Waals surface area contributed by atoms with Crippen LogP contribution in [-0.2, 0) is 14.3 Å². The second-order valence-electron chi connectivity index (χ2n) is 5.43. The van der Waals surface area contributed by atoms with Gasteiger partial charge in [-0.3, -0.25) is 4.79 Å². The van der Waals surface area contributed by atoms with Crippen LogP contribution in [0.5, 0.6) is 0 Å². The topological polar surface area (TPSA) is 35.5 Å². The van der Waals surface area contributed by atoms with Gasteiger partial charge in [0, 0.05) is 12.8 Å². The molecule has 1 aliphatic rings. The highest BCUT2D eigenvalue weighted by molar-refractivity contribution is 5.69. The van der Waals surface area contributed by atoms with Crippen LogP contribution in [0.2, 0.25) is 0 Å². The summed E-state index contributed by atoms with van der Waals surface area (Å²) in [5.74, 6) is -0.0219. The molecule has 1 fully saturated rings. The number of hydrogen-bond acceptors (Lipinski definition) is 3. The summed E-state index contributed by atoms with van der Waals surface area (Å²) in [5.41, 5.74) is -0.592. The number of rotatable bonds is 3. The molecule has 16 heavy (non-hydrogen) atoms. The van der Waals surface area contributed by atoms with Gasteiger partial charge in [-0.2, -0.15) is 0 Å². The lowest BCUT2D eigenvalue weighted by Crippen LogP contribution is -2.46. The maximum absolute atomic E-state index is 11.4. The summed E-state index contributed by atoms with van der Waals surface area (Å²) < 4.78 is 10.8. The largest absolute Gasteiger partial charge is 0.466 e. The monoisotopic (exact) mass is 226 g/mol. The average Bonchev–Trinajstić information content (AvgIpc) is 1.96. The van der Waals surface area contributed by atoms with Gasteiger partial charge >= 0.3 is 5.97 Å². The van der Waals surface area contributed by atoms with Gasteiger partial charge in [0.15, 0.2) is 0 Å². The van der Waals surface area contributed by atoms with E-state index in [2.05, 4.69) is 6.42 Å². The Morgan fingerprint density at radius 1 is 1.44 bits per heavy atom. The fraction of sp³-hybridized carbons (Fsp3) is 0.846. The number of hydrogen-bond donors (Lipinski definition) is 0. The first-order chi connectivity index (χ1) is 7.24. The molecule has 1 rings (SSSR count). The molecule has 2 radical (unpaired) electrons. The third kappa shape index (κ3) is 4.12. The summed E-state index contributed by atoms with van der Waals surface area (Å²) in [6, 6.07) is 0. The predicted molar refractivity (Wildman–Crippen MR) is 61.8 cm³/mol. The zero-order valence-electron chi connectivity index (χ0n) is 10.9. The first-order valence-corrected chi connectivity index (χ1v) is 5.87. The standard InChI is InChI=1S/C13H22O3/c1-6-15-11(14)7-10-8-12(2,3)16-13(4,5)9-10/h10H,6-8H2,1-5H3.